The van der Waals surface area contributed by atoms with Crippen LogP contribution in [0.5, 0.6) is 0 Å². The van der Waals surface area contributed by atoms with Crippen LogP contribution >= 0.6 is 0 Å². The van der Waals surface area contributed by atoms with Crippen LogP contribution in [0.1, 0.15) is 32.6 Å². The average molecular weight is 208 g/mol. The van der Waals surface area contributed by atoms with Gasteiger partial charge in [0.05, 0.1) is 6.10 Å². The third-order valence-corrected chi connectivity index (χ3v) is 2.23. The molecule has 0 spiro atoms. The van der Waals surface area contributed by atoms with Crippen LogP contribution in [0.4, 0.5) is 8.78 Å². The highest BCUT2D eigenvalue weighted by atomic mass is 19.3. The first kappa shape index (κ1) is 11.4. The topological polar surface area (TPSA) is 46.5 Å². The summed E-state index contributed by atoms with van der Waals surface area (Å²) in [4.78, 5) is 10.8. The SMILES string of the molecule is CC(F)(F)C(=O)OC1CCCC(O)C1. The van der Waals surface area contributed by atoms with E-state index in [4.69, 9.17) is 0 Å². The van der Waals surface area contributed by atoms with Gasteiger partial charge >= 0.3 is 11.9 Å². The van der Waals surface area contributed by atoms with Crippen LogP contribution in [-0.4, -0.2) is 29.2 Å². The summed E-state index contributed by atoms with van der Waals surface area (Å²) in [6, 6.07) is 0. The Labute approximate surface area is 81.1 Å². The monoisotopic (exact) mass is 208 g/mol. The minimum absolute atomic E-state index is 0.266. The summed E-state index contributed by atoms with van der Waals surface area (Å²) >= 11 is 0. The van der Waals surface area contributed by atoms with Gasteiger partial charge < -0.3 is 9.84 Å². The van der Waals surface area contributed by atoms with Crippen molar-refractivity contribution in [2.45, 2.75) is 50.7 Å². The Hall–Kier alpha value is -0.710. The molecule has 1 fully saturated rings. The van der Waals surface area contributed by atoms with Crippen molar-refractivity contribution in [3.8, 4) is 0 Å². The van der Waals surface area contributed by atoms with Gasteiger partial charge in [-0.05, 0) is 19.3 Å². The Morgan fingerprint density at radius 1 is 1.50 bits per heavy atom. The molecule has 2 unspecified atom stereocenters. The number of aliphatic hydroxyl groups excluding tert-OH is 1. The first-order valence-electron chi connectivity index (χ1n) is 4.66. The van der Waals surface area contributed by atoms with Crippen LogP contribution in [0.25, 0.3) is 0 Å². The highest BCUT2D eigenvalue weighted by Crippen LogP contribution is 2.23. The zero-order chi connectivity index (χ0) is 10.8. The van der Waals surface area contributed by atoms with E-state index in [1.54, 1.807) is 0 Å². The molecule has 2 atom stereocenters. The number of carbonyl (C=O) groups excluding carboxylic acids is 1. The smallest absolute Gasteiger partial charge is 0.376 e. The number of rotatable bonds is 2. The van der Waals surface area contributed by atoms with E-state index in [0.29, 0.717) is 26.2 Å². The molecule has 82 valence electrons. The van der Waals surface area contributed by atoms with Gasteiger partial charge in [0.2, 0.25) is 0 Å². The number of halogens is 2. The largest absolute Gasteiger partial charge is 0.458 e. The van der Waals surface area contributed by atoms with E-state index in [1.165, 1.54) is 0 Å². The first-order chi connectivity index (χ1) is 6.39. The van der Waals surface area contributed by atoms with Crippen LogP contribution in [-0.2, 0) is 9.53 Å². The van der Waals surface area contributed by atoms with Crippen molar-refractivity contribution >= 4 is 5.97 Å². The van der Waals surface area contributed by atoms with Gasteiger partial charge in [-0.3, -0.25) is 0 Å². The zero-order valence-corrected chi connectivity index (χ0v) is 8.00. The third-order valence-electron chi connectivity index (χ3n) is 2.23. The summed E-state index contributed by atoms with van der Waals surface area (Å²) in [6.45, 7) is 0.509. The fourth-order valence-electron chi connectivity index (χ4n) is 1.48. The van der Waals surface area contributed by atoms with E-state index in [1.807, 2.05) is 0 Å². The van der Waals surface area contributed by atoms with Gasteiger partial charge in [-0.2, -0.15) is 8.78 Å². The van der Waals surface area contributed by atoms with Crippen molar-refractivity contribution in [1.29, 1.82) is 0 Å². The van der Waals surface area contributed by atoms with E-state index < -0.39 is 24.1 Å². The second-order valence-electron chi connectivity index (χ2n) is 3.74. The fourth-order valence-corrected chi connectivity index (χ4v) is 1.48. The minimum atomic E-state index is -3.44. The molecule has 3 nitrogen and oxygen atoms in total. The van der Waals surface area contributed by atoms with Gasteiger partial charge in [0.15, 0.2) is 0 Å². The van der Waals surface area contributed by atoms with Gasteiger partial charge in [-0.25, -0.2) is 4.79 Å². The quantitative estimate of drug-likeness (QED) is 0.699. The summed E-state index contributed by atoms with van der Waals surface area (Å²) in [6.07, 6.45) is 1.08. The molecule has 0 heterocycles. The lowest BCUT2D eigenvalue weighted by molar-refractivity contribution is -0.177. The van der Waals surface area contributed by atoms with Crippen molar-refractivity contribution < 1.29 is 23.4 Å². The lowest BCUT2D eigenvalue weighted by atomic mass is 9.95. The molecule has 0 saturated heterocycles. The summed E-state index contributed by atoms with van der Waals surface area (Å²) in [7, 11) is 0. The minimum Gasteiger partial charge on any atom is -0.458 e. The van der Waals surface area contributed by atoms with E-state index in [0.717, 1.165) is 0 Å². The Morgan fingerprint density at radius 3 is 2.64 bits per heavy atom. The molecule has 1 aliphatic carbocycles. The predicted molar refractivity (Wildman–Crippen MR) is 45.0 cm³/mol. The standard InChI is InChI=1S/C9H14F2O3/c1-9(10,11)8(13)14-7-4-2-3-6(12)5-7/h6-7,12H,2-5H2,1H3. The maximum absolute atomic E-state index is 12.4. The Morgan fingerprint density at radius 2 is 2.14 bits per heavy atom. The molecule has 1 aliphatic rings. The molecular formula is C9H14F2O3. The van der Waals surface area contributed by atoms with Crippen LogP contribution in [0.3, 0.4) is 0 Å². The van der Waals surface area contributed by atoms with Crippen molar-refractivity contribution in [3.63, 3.8) is 0 Å². The normalized spacial score (nSPS) is 28.6. The highest BCUT2D eigenvalue weighted by molar-refractivity contribution is 5.77. The second-order valence-corrected chi connectivity index (χ2v) is 3.74. The zero-order valence-electron chi connectivity index (χ0n) is 8.00. The number of hydrogen-bond donors (Lipinski definition) is 1. The molecule has 0 amide bonds. The molecule has 1 rings (SSSR count). The molecule has 5 heteroatoms. The van der Waals surface area contributed by atoms with E-state index in [-0.39, 0.29) is 6.42 Å². The summed E-state index contributed by atoms with van der Waals surface area (Å²) in [5.41, 5.74) is 0. The Kier molecular flexibility index (Phi) is 3.42. The van der Waals surface area contributed by atoms with Crippen LogP contribution < -0.4 is 0 Å². The maximum atomic E-state index is 12.4. The molecule has 1 N–H and O–H groups in total. The van der Waals surface area contributed by atoms with Crippen molar-refractivity contribution in [2.24, 2.45) is 0 Å². The van der Waals surface area contributed by atoms with Gasteiger partial charge in [-0.15, -0.1) is 0 Å². The van der Waals surface area contributed by atoms with Crippen LogP contribution in [0.2, 0.25) is 0 Å². The van der Waals surface area contributed by atoms with Gasteiger partial charge in [0.25, 0.3) is 0 Å². The van der Waals surface area contributed by atoms with Crippen molar-refractivity contribution in [3.05, 3.63) is 0 Å². The molecule has 0 aromatic rings. The number of carbonyl (C=O) groups is 1. The molecule has 1 saturated carbocycles. The number of esters is 1. The van der Waals surface area contributed by atoms with Gasteiger partial charge in [-0.1, -0.05) is 0 Å². The van der Waals surface area contributed by atoms with Gasteiger partial charge in [0.1, 0.15) is 6.10 Å². The van der Waals surface area contributed by atoms with Crippen molar-refractivity contribution in [2.75, 3.05) is 0 Å². The lowest BCUT2D eigenvalue weighted by Gasteiger charge is -2.26. The molecule has 0 bridgehead atoms. The third kappa shape index (κ3) is 3.21. The first-order valence-corrected chi connectivity index (χ1v) is 4.66. The Bertz CT molecular complexity index is 213. The summed E-state index contributed by atoms with van der Waals surface area (Å²) in [5, 5.41) is 9.22. The molecule has 0 aromatic carbocycles. The van der Waals surface area contributed by atoms with E-state index in [9.17, 15) is 18.7 Å². The summed E-state index contributed by atoms with van der Waals surface area (Å²) in [5.74, 6) is -4.95. The fraction of sp³-hybridized carbons (Fsp3) is 0.889. The van der Waals surface area contributed by atoms with E-state index >= 15 is 0 Å². The predicted octanol–water partition coefficient (Wildman–Crippen LogP) is 1.49. The maximum Gasteiger partial charge on any atom is 0.376 e. The molecule has 14 heavy (non-hydrogen) atoms. The van der Waals surface area contributed by atoms with Gasteiger partial charge in [0, 0.05) is 13.3 Å². The number of aliphatic hydroxyl groups is 1. The summed E-state index contributed by atoms with van der Waals surface area (Å²) < 4.78 is 29.4. The molecular weight excluding hydrogens is 194 g/mol. The van der Waals surface area contributed by atoms with Crippen molar-refractivity contribution in [1.82, 2.24) is 0 Å². The second kappa shape index (κ2) is 4.21. The van der Waals surface area contributed by atoms with Crippen LogP contribution in [0, 0.1) is 0 Å². The molecule has 0 aliphatic heterocycles. The molecule has 0 radical (unpaired) electrons. The van der Waals surface area contributed by atoms with E-state index in [2.05, 4.69) is 4.74 Å². The van der Waals surface area contributed by atoms with Crippen LogP contribution in [0.15, 0.2) is 0 Å². The number of hydrogen-bond acceptors (Lipinski definition) is 3. The number of ether oxygens (including phenoxy) is 1. The lowest BCUT2D eigenvalue weighted by Crippen LogP contribution is -2.34. The molecule has 0 aromatic heterocycles. The number of alkyl halides is 2. The Balaban J connectivity index is 2.40. The average Bonchev–Trinajstić information content (AvgIpc) is 2.02. The highest BCUT2D eigenvalue weighted by Gasteiger charge is 2.36.